The van der Waals surface area contributed by atoms with E-state index in [1.54, 1.807) is 18.5 Å². The summed E-state index contributed by atoms with van der Waals surface area (Å²) in [6, 6.07) is 7.46. The lowest BCUT2D eigenvalue weighted by atomic mass is 10.1. The normalized spacial score (nSPS) is 10.8. The fraction of sp³-hybridized carbons (Fsp3) is 0.188. The fourth-order valence-electron chi connectivity index (χ4n) is 1.88. The van der Waals surface area contributed by atoms with E-state index in [0.717, 1.165) is 35.9 Å². The quantitative estimate of drug-likeness (QED) is 0.534. The summed E-state index contributed by atoms with van der Waals surface area (Å²) in [4.78, 5) is 19.2. The molecule has 1 heterocycles. The first-order valence-corrected chi connectivity index (χ1v) is 6.96. The van der Waals surface area contributed by atoms with Crippen LogP contribution in [0.3, 0.4) is 0 Å². The van der Waals surface area contributed by atoms with Gasteiger partial charge in [0, 0.05) is 18.2 Å². The van der Waals surface area contributed by atoms with Crippen molar-refractivity contribution in [1.29, 1.82) is 0 Å². The van der Waals surface area contributed by atoms with Gasteiger partial charge in [0.05, 0.1) is 18.1 Å². The number of carboxylic acid groups (broad SMARTS) is 1. The Labute approximate surface area is 128 Å². The van der Waals surface area contributed by atoms with Gasteiger partial charge in [-0.25, -0.2) is 9.78 Å². The molecule has 0 aliphatic rings. The second-order valence-electron chi connectivity index (χ2n) is 4.66. The molecule has 0 spiro atoms. The van der Waals surface area contributed by atoms with Gasteiger partial charge in [-0.15, -0.1) is 0 Å². The molecule has 1 aromatic carbocycles. The number of hydrogen-bond donors (Lipinski definition) is 3. The Morgan fingerprint density at radius 2 is 2.23 bits per heavy atom. The van der Waals surface area contributed by atoms with Crippen molar-refractivity contribution in [3.63, 3.8) is 0 Å². The average Bonchev–Trinajstić information content (AvgIpc) is 2.54. The number of hydrogen-bond acceptors (Lipinski definition) is 5. The molecule has 0 bridgehead atoms. The highest BCUT2D eigenvalue weighted by molar-refractivity contribution is 5.85. The second kappa shape index (κ2) is 7.90. The van der Waals surface area contributed by atoms with Crippen LogP contribution in [0.15, 0.2) is 42.7 Å². The first kappa shape index (κ1) is 15.7. The zero-order valence-corrected chi connectivity index (χ0v) is 12.1. The molecule has 2 rings (SSSR count). The van der Waals surface area contributed by atoms with E-state index in [0.29, 0.717) is 12.4 Å². The predicted octanol–water partition coefficient (Wildman–Crippen LogP) is 2.00. The van der Waals surface area contributed by atoms with Crippen LogP contribution in [0, 0.1) is 0 Å². The zero-order valence-electron chi connectivity index (χ0n) is 12.1. The van der Waals surface area contributed by atoms with Crippen LogP contribution in [0.4, 0.5) is 5.82 Å². The van der Waals surface area contributed by atoms with Crippen LogP contribution >= 0.6 is 0 Å². The van der Waals surface area contributed by atoms with E-state index >= 15 is 0 Å². The molecule has 1 aromatic heterocycles. The highest BCUT2D eigenvalue weighted by atomic mass is 16.4. The topological polar surface area (TPSA) is 101 Å². The number of nitrogens with zero attached hydrogens (tertiary/aromatic N) is 2. The van der Waals surface area contributed by atoms with Gasteiger partial charge in [0.1, 0.15) is 5.82 Å². The van der Waals surface area contributed by atoms with E-state index in [1.165, 1.54) is 0 Å². The summed E-state index contributed by atoms with van der Waals surface area (Å²) < 4.78 is 0. The maximum Gasteiger partial charge on any atom is 0.328 e. The van der Waals surface area contributed by atoms with Gasteiger partial charge in [0.25, 0.3) is 0 Å². The van der Waals surface area contributed by atoms with Gasteiger partial charge in [0.2, 0.25) is 0 Å². The molecule has 0 saturated carbocycles. The molecule has 0 aliphatic heterocycles. The smallest absolute Gasteiger partial charge is 0.328 e. The third-order valence-corrected chi connectivity index (χ3v) is 2.92. The van der Waals surface area contributed by atoms with Gasteiger partial charge in [-0.1, -0.05) is 18.2 Å². The Balaban J connectivity index is 2.19. The summed E-state index contributed by atoms with van der Waals surface area (Å²) in [5.41, 5.74) is 7.85. The van der Waals surface area contributed by atoms with Crippen molar-refractivity contribution in [2.24, 2.45) is 5.73 Å². The van der Waals surface area contributed by atoms with Gasteiger partial charge in [-0.2, -0.15) is 0 Å². The van der Waals surface area contributed by atoms with E-state index in [1.807, 2.05) is 24.3 Å². The molecular weight excluding hydrogens is 280 g/mol. The lowest BCUT2D eigenvalue weighted by Gasteiger charge is -2.07. The number of rotatable bonds is 7. The minimum absolute atomic E-state index is 0.623. The minimum Gasteiger partial charge on any atom is -0.478 e. The summed E-state index contributed by atoms with van der Waals surface area (Å²) in [5.74, 6) is -0.284. The Bertz CT molecular complexity index is 671. The second-order valence-corrected chi connectivity index (χ2v) is 4.66. The Morgan fingerprint density at radius 1 is 1.36 bits per heavy atom. The van der Waals surface area contributed by atoms with Crippen molar-refractivity contribution in [3.05, 3.63) is 48.3 Å². The first-order chi connectivity index (χ1) is 10.7. The number of anilines is 1. The molecule has 0 radical (unpaired) electrons. The van der Waals surface area contributed by atoms with Gasteiger partial charge < -0.3 is 16.2 Å². The highest BCUT2D eigenvalue weighted by Gasteiger charge is 2.02. The van der Waals surface area contributed by atoms with Crippen molar-refractivity contribution in [3.8, 4) is 11.3 Å². The number of nitrogens with two attached hydrogens (primary N) is 1. The van der Waals surface area contributed by atoms with Gasteiger partial charge in [0.15, 0.2) is 0 Å². The van der Waals surface area contributed by atoms with Crippen LogP contribution in [0.2, 0.25) is 0 Å². The molecule has 0 atom stereocenters. The molecule has 6 nitrogen and oxygen atoms in total. The summed E-state index contributed by atoms with van der Waals surface area (Å²) in [6.07, 6.45) is 6.85. The van der Waals surface area contributed by atoms with Crippen molar-refractivity contribution in [2.75, 3.05) is 18.4 Å². The van der Waals surface area contributed by atoms with Crippen molar-refractivity contribution >= 4 is 17.9 Å². The van der Waals surface area contributed by atoms with Crippen LogP contribution in [-0.2, 0) is 4.79 Å². The molecule has 0 unspecified atom stereocenters. The SMILES string of the molecule is NCCCNc1cncc(-c2cccc(/C=C/C(=O)O)c2)n1. The van der Waals surface area contributed by atoms with Crippen LogP contribution in [0.25, 0.3) is 17.3 Å². The Morgan fingerprint density at radius 3 is 3.00 bits per heavy atom. The van der Waals surface area contributed by atoms with E-state index < -0.39 is 5.97 Å². The predicted molar refractivity (Wildman–Crippen MR) is 86.3 cm³/mol. The first-order valence-electron chi connectivity index (χ1n) is 6.96. The summed E-state index contributed by atoms with van der Waals surface area (Å²) in [6.45, 7) is 1.37. The number of carboxylic acids is 1. The molecule has 0 saturated heterocycles. The zero-order chi connectivity index (χ0) is 15.8. The monoisotopic (exact) mass is 298 g/mol. The van der Waals surface area contributed by atoms with E-state index in [9.17, 15) is 4.79 Å². The molecule has 6 heteroatoms. The lowest BCUT2D eigenvalue weighted by molar-refractivity contribution is -0.131. The maximum absolute atomic E-state index is 10.6. The minimum atomic E-state index is -0.976. The number of aromatic nitrogens is 2. The molecule has 4 N–H and O–H groups in total. The van der Waals surface area contributed by atoms with E-state index in [-0.39, 0.29) is 0 Å². The third-order valence-electron chi connectivity index (χ3n) is 2.92. The van der Waals surface area contributed by atoms with Crippen molar-refractivity contribution < 1.29 is 9.90 Å². The number of aliphatic carboxylic acids is 1. The van der Waals surface area contributed by atoms with E-state index in [2.05, 4.69) is 15.3 Å². The van der Waals surface area contributed by atoms with E-state index in [4.69, 9.17) is 10.8 Å². The largest absolute Gasteiger partial charge is 0.478 e. The Kier molecular flexibility index (Phi) is 5.62. The summed E-state index contributed by atoms with van der Waals surface area (Å²) >= 11 is 0. The third kappa shape index (κ3) is 4.68. The van der Waals surface area contributed by atoms with Gasteiger partial charge in [-0.3, -0.25) is 4.98 Å². The van der Waals surface area contributed by atoms with Crippen LogP contribution in [-0.4, -0.2) is 34.1 Å². The molecular formula is C16H18N4O2. The lowest BCUT2D eigenvalue weighted by Crippen LogP contribution is -2.09. The molecule has 114 valence electrons. The van der Waals surface area contributed by atoms with Crippen LogP contribution in [0.1, 0.15) is 12.0 Å². The number of carbonyl (C=O) groups is 1. The Hall–Kier alpha value is -2.73. The summed E-state index contributed by atoms with van der Waals surface area (Å²) in [5, 5.41) is 11.8. The summed E-state index contributed by atoms with van der Waals surface area (Å²) in [7, 11) is 0. The maximum atomic E-state index is 10.6. The molecule has 22 heavy (non-hydrogen) atoms. The van der Waals surface area contributed by atoms with Crippen molar-refractivity contribution in [1.82, 2.24) is 9.97 Å². The van der Waals surface area contributed by atoms with Gasteiger partial charge in [-0.05, 0) is 30.7 Å². The highest BCUT2D eigenvalue weighted by Crippen LogP contribution is 2.19. The van der Waals surface area contributed by atoms with Crippen molar-refractivity contribution in [2.45, 2.75) is 6.42 Å². The van der Waals surface area contributed by atoms with Crippen LogP contribution in [0.5, 0.6) is 0 Å². The van der Waals surface area contributed by atoms with Gasteiger partial charge >= 0.3 is 5.97 Å². The van der Waals surface area contributed by atoms with Crippen LogP contribution < -0.4 is 11.1 Å². The molecule has 0 fully saturated rings. The molecule has 2 aromatic rings. The average molecular weight is 298 g/mol. The standard InChI is InChI=1S/C16H18N4O2/c17-7-2-8-19-15-11-18-10-14(20-15)13-4-1-3-12(9-13)5-6-16(21)22/h1,3-6,9-11H,2,7-8,17H2,(H,19,20)(H,21,22)/b6-5+. The molecule has 0 amide bonds. The number of benzene rings is 1. The molecule has 0 aliphatic carbocycles. The fourth-order valence-corrected chi connectivity index (χ4v) is 1.88. The number of nitrogens with one attached hydrogen (secondary N) is 1.